The van der Waals surface area contributed by atoms with E-state index in [1.807, 2.05) is 36.7 Å². The van der Waals surface area contributed by atoms with Crippen LogP contribution in [0.3, 0.4) is 0 Å². The topological polar surface area (TPSA) is 139 Å². The lowest BCUT2D eigenvalue weighted by molar-refractivity contribution is -0.137. The number of benzene rings is 1. The van der Waals surface area contributed by atoms with Gasteiger partial charge in [0.05, 0.1) is 30.6 Å². The lowest BCUT2D eigenvalue weighted by Gasteiger charge is -2.25. The molecule has 0 unspecified atom stereocenters. The molecule has 0 spiro atoms. The highest BCUT2D eigenvalue weighted by atomic mass is 16.2. The van der Waals surface area contributed by atoms with E-state index < -0.39 is 47.4 Å². The van der Waals surface area contributed by atoms with E-state index in [9.17, 15) is 24.0 Å². The standard InChI is InChI=1S/C28H35N5O5/c1-6-33-18(5)20(15-29-33)12-13-22(34)30-21(19-10-8-7-9-11-19)14-23(35)31-25(16(2)3)26(36)24-17(4)27(37)32-28(24)38/h7-13,15-17,21,24-25H,6,14H2,1-5H3,(H,30,34)(H,31,35)(H,32,37,38)/b13-12+/t17-,21-,24+,25-/m0/s1. The molecule has 0 aliphatic carbocycles. The summed E-state index contributed by atoms with van der Waals surface area (Å²) in [5, 5.41) is 12.1. The van der Waals surface area contributed by atoms with E-state index in [0.29, 0.717) is 0 Å². The summed E-state index contributed by atoms with van der Waals surface area (Å²) in [5.41, 5.74) is 2.48. The second kappa shape index (κ2) is 12.4. The average molecular weight is 522 g/mol. The van der Waals surface area contributed by atoms with Crippen molar-refractivity contribution in [3.8, 4) is 0 Å². The predicted octanol–water partition coefficient (Wildman–Crippen LogP) is 2.09. The summed E-state index contributed by atoms with van der Waals surface area (Å²) in [6.45, 7) is 9.65. The predicted molar refractivity (Wildman–Crippen MR) is 141 cm³/mol. The van der Waals surface area contributed by atoms with Crippen LogP contribution in [0.5, 0.6) is 0 Å². The quantitative estimate of drug-likeness (QED) is 0.235. The Labute approximate surface area is 222 Å². The van der Waals surface area contributed by atoms with E-state index in [1.54, 1.807) is 38.3 Å². The number of hydrogen-bond acceptors (Lipinski definition) is 6. The maximum absolute atomic E-state index is 13.2. The zero-order valence-corrected chi connectivity index (χ0v) is 22.4. The summed E-state index contributed by atoms with van der Waals surface area (Å²) in [6.07, 6.45) is 4.63. The molecule has 4 amide bonds. The molecule has 2 heterocycles. The number of Topliss-reactive ketones (excluding diaryl/α,β-unsaturated/α-hetero) is 1. The van der Waals surface area contributed by atoms with E-state index in [-0.39, 0.29) is 18.2 Å². The van der Waals surface area contributed by atoms with Crippen molar-refractivity contribution in [2.45, 2.75) is 59.7 Å². The van der Waals surface area contributed by atoms with Gasteiger partial charge < -0.3 is 10.6 Å². The van der Waals surface area contributed by atoms with Gasteiger partial charge in [-0.3, -0.25) is 34.0 Å². The van der Waals surface area contributed by atoms with Crippen molar-refractivity contribution in [1.29, 1.82) is 0 Å². The maximum Gasteiger partial charge on any atom is 0.244 e. The number of aryl methyl sites for hydroxylation is 1. The zero-order valence-electron chi connectivity index (χ0n) is 22.4. The van der Waals surface area contributed by atoms with Crippen molar-refractivity contribution in [3.05, 3.63) is 59.4 Å². The highest BCUT2D eigenvalue weighted by Crippen LogP contribution is 2.24. The second-order valence-corrected chi connectivity index (χ2v) is 9.82. The van der Waals surface area contributed by atoms with E-state index in [0.717, 1.165) is 23.4 Å². The monoisotopic (exact) mass is 521 g/mol. The number of imide groups is 1. The summed E-state index contributed by atoms with van der Waals surface area (Å²) >= 11 is 0. The van der Waals surface area contributed by atoms with Crippen LogP contribution in [0.25, 0.3) is 6.08 Å². The molecule has 1 saturated heterocycles. The van der Waals surface area contributed by atoms with Crippen molar-refractivity contribution in [3.63, 3.8) is 0 Å². The normalized spacial score (nSPS) is 18.9. The first-order valence-electron chi connectivity index (χ1n) is 12.8. The number of hydrogen-bond donors (Lipinski definition) is 3. The number of ketones is 1. The molecule has 1 fully saturated rings. The molecule has 4 atom stereocenters. The number of rotatable bonds is 11. The molecule has 0 bridgehead atoms. The van der Waals surface area contributed by atoms with Crippen LogP contribution < -0.4 is 16.0 Å². The number of nitrogens with zero attached hydrogens (tertiary/aromatic N) is 2. The largest absolute Gasteiger partial charge is 0.346 e. The molecule has 1 aliphatic heterocycles. The maximum atomic E-state index is 13.2. The molecule has 3 rings (SSSR count). The van der Waals surface area contributed by atoms with Crippen molar-refractivity contribution in [1.82, 2.24) is 25.7 Å². The fourth-order valence-electron chi connectivity index (χ4n) is 4.51. The Morgan fingerprint density at radius 1 is 1.11 bits per heavy atom. The minimum atomic E-state index is -1.15. The van der Waals surface area contributed by atoms with Crippen LogP contribution in [0.2, 0.25) is 0 Å². The highest BCUT2D eigenvalue weighted by Gasteiger charge is 2.46. The summed E-state index contributed by atoms with van der Waals surface area (Å²) in [6, 6.07) is 7.43. The molecule has 38 heavy (non-hydrogen) atoms. The molecule has 1 aromatic heterocycles. The summed E-state index contributed by atoms with van der Waals surface area (Å²) in [4.78, 5) is 63.2. The molecule has 1 aromatic carbocycles. The molecular formula is C28H35N5O5. The molecule has 0 radical (unpaired) electrons. The number of carbonyl (C=O) groups excluding carboxylic acids is 5. The third-order valence-electron chi connectivity index (χ3n) is 6.80. The van der Waals surface area contributed by atoms with Crippen LogP contribution in [-0.2, 0) is 30.5 Å². The lowest BCUT2D eigenvalue weighted by Crippen LogP contribution is -2.49. The van der Waals surface area contributed by atoms with Crippen LogP contribution in [0.15, 0.2) is 42.6 Å². The molecular weight excluding hydrogens is 486 g/mol. The minimum absolute atomic E-state index is 0.127. The Kier molecular flexibility index (Phi) is 9.33. The number of amides is 4. The van der Waals surface area contributed by atoms with Gasteiger partial charge in [0.1, 0.15) is 5.92 Å². The Bertz CT molecular complexity index is 1230. The van der Waals surface area contributed by atoms with E-state index in [4.69, 9.17) is 0 Å². The molecule has 0 saturated carbocycles. The van der Waals surface area contributed by atoms with Gasteiger partial charge in [0.25, 0.3) is 0 Å². The number of nitrogens with one attached hydrogen (secondary N) is 3. The van der Waals surface area contributed by atoms with Gasteiger partial charge >= 0.3 is 0 Å². The van der Waals surface area contributed by atoms with Gasteiger partial charge in [-0.15, -0.1) is 0 Å². The van der Waals surface area contributed by atoms with Crippen LogP contribution in [0.1, 0.15) is 57.0 Å². The van der Waals surface area contributed by atoms with Gasteiger partial charge in [-0.2, -0.15) is 5.10 Å². The summed E-state index contributed by atoms with van der Waals surface area (Å²) < 4.78 is 1.83. The Balaban J connectivity index is 1.73. The molecule has 10 nitrogen and oxygen atoms in total. The van der Waals surface area contributed by atoms with Crippen LogP contribution in [-0.4, -0.2) is 45.2 Å². The highest BCUT2D eigenvalue weighted by molar-refractivity contribution is 6.16. The fraction of sp³-hybridized carbons (Fsp3) is 0.429. The first-order valence-corrected chi connectivity index (χ1v) is 12.8. The van der Waals surface area contributed by atoms with E-state index in [1.165, 1.54) is 13.0 Å². The van der Waals surface area contributed by atoms with Gasteiger partial charge in [-0.05, 0) is 31.4 Å². The molecule has 202 valence electrons. The van der Waals surface area contributed by atoms with Crippen molar-refractivity contribution in [2.75, 3.05) is 0 Å². The molecule has 2 aromatic rings. The van der Waals surface area contributed by atoms with Crippen LogP contribution in [0, 0.1) is 24.7 Å². The smallest absolute Gasteiger partial charge is 0.244 e. The SMILES string of the molecule is CCn1ncc(/C=C/C(=O)N[C@@H](CC(=O)N[C@H](C(=O)[C@@H]2C(=O)NC(=O)[C@H]2C)C(C)C)c2ccccc2)c1C. The Hall–Kier alpha value is -4.08. The average Bonchev–Trinajstić information content (AvgIpc) is 3.37. The van der Waals surface area contributed by atoms with Crippen molar-refractivity contribution in [2.24, 2.45) is 17.8 Å². The molecule has 10 heteroatoms. The van der Waals surface area contributed by atoms with Gasteiger partial charge in [-0.1, -0.05) is 51.1 Å². The number of carbonyl (C=O) groups is 5. The molecule has 1 aliphatic rings. The number of aromatic nitrogens is 2. The molecule has 3 N–H and O–H groups in total. The van der Waals surface area contributed by atoms with Gasteiger partial charge in [0.15, 0.2) is 5.78 Å². The Morgan fingerprint density at radius 3 is 2.34 bits per heavy atom. The van der Waals surface area contributed by atoms with Gasteiger partial charge in [-0.25, -0.2) is 0 Å². The van der Waals surface area contributed by atoms with E-state index in [2.05, 4.69) is 21.0 Å². The lowest BCUT2D eigenvalue weighted by atomic mass is 9.85. The van der Waals surface area contributed by atoms with Crippen LogP contribution in [0.4, 0.5) is 0 Å². The Morgan fingerprint density at radius 2 is 1.79 bits per heavy atom. The minimum Gasteiger partial charge on any atom is -0.346 e. The summed E-state index contributed by atoms with van der Waals surface area (Å²) in [7, 11) is 0. The first-order chi connectivity index (χ1) is 18.0. The summed E-state index contributed by atoms with van der Waals surface area (Å²) in [5.74, 6) is -4.77. The van der Waals surface area contributed by atoms with Crippen molar-refractivity contribution < 1.29 is 24.0 Å². The second-order valence-electron chi connectivity index (χ2n) is 9.82. The van der Waals surface area contributed by atoms with Crippen molar-refractivity contribution >= 4 is 35.5 Å². The van der Waals surface area contributed by atoms with Gasteiger partial charge in [0.2, 0.25) is 23.6 Å². The third kappa shape index (κ3) is 6.62. The van der Waals surface area contributed by atoms with Crippen LogP contribution >= 0.6 is 0 Å². The first kappa shape index (κ1) is 28.5. The van der Waals surface area contributed by atoms with Gasteiger partial charge in [0, 0.05) is 23.9 Å². The zero-order chi connectivity index (χ0) is 28.0. The fourth-order valence-corrected chi connectivity index (χ4v) is 4.51. The third-order valence-corrected chi connectivity index (χ3v) is 6.80. The van der Waals surface area contributed by atoms with E-state index >= 15 is 0 Å².